The Labute approximate surface area is 193 Å². The Hall–Kier alpha value is -3.97. The number of esters is 1. The fourth-order valence-electron chi connectivity index (χ4n) is 3.11. The summed E-state index contributed by atoms with van der Waals surface area (Å²) < 4.78 is 24.6. The van der Waals surface area contributed by atoms with Crippen LogP contribution in [-0.4, -0.2) is 23.5 Å². The highest BCUT2D eigenvalue weighted by Crippen LogP contribution is 2.23. The van der Waals surface area contributed by atoms with Crippen LogP contribution in [0.2, 0.25) is 5.15 Å². The summed E-state index contributed by atoms with van der Waals surface area (Å²) in [5.74, 6) is -1.62. The number of aromatic nitrogens is 1. The molecule has 4 aromatic rings. The molecule has 0 atom stereocenters. The third kappa shape index (κ3) is 5.45. The van der Waals surface area contributed by atoms with Crippen molar-refractivity contribution in [1.29, 1.82) is 0 Å². The summed E-state index contributed by atoms with van der Waals surface area (Å²) in [6.45, 7) is -0.503. The Morgan fingerprint density at radius 2 is 1.70 bits per heavy atom. The van der Waals surface area contributed by atoms with E-state index < -0.39 is 24.3 Å². The van der Waals surface area contributed by atoms with E-state index in [0.29, 0.717) is 5.56 Å². The van der Waals surface area contributed by atoms with E-state index in [4.69, 9.17) is 21.1 Å². The number of nitrogens with one attached hydrogen (secondary N) is 1. The van der Waals surface area contributed by atoms with Crippen LogP contribution in [0.1, 0.15) is 15.9 Å². The molecule has 8 heteroatoms. The van der Waals surface area contributed by atoms with Crippen LogP contribution >= 0.6 is 11.6 Å². The van der Waals surface area contributed by atoms with Crippen molar-refractivity contribution in [1.82, 2.24) is 4.98 Å². The van der Waals surface area contributed by atoms with Gasteiger partial charge in [0, 0.05) is 10.9 Å². The lowest BCUT2D eigenvalue weighted by Gasteiger charge is -2.12. The molecule has 3 aromatic carbocycles. The van der Waals surface area contributed by atoms with Crippen molar-refractivity contribution in [2.24, 2.45) is 0 Å². The average Bonchev–Trinajstić information content (AvgIpc) is 2.83. The number of hydrogen-bond donors (Lipinski definition) is 1. The van der Waals surface area contributed by atoms with E-state index in [-0.39, 0.29) is 28.8 Å². The molecule has 4 rings (SSSR count). The number of pyridine rings is 1. The molecule has 0 unspecified atom stereocenters. The first kappa shape index (κ1) is 22.2. The van der Waals surface area contributed by atoms with Gasteiger partial charge in [0.1, 0.15) is 28.9 Å². The third-order valence-corrected chi connectivity index (χ3v) is 5.05. The number of fused-ring (bicyclic) bond motifs is 1. The molecule has 0 radical (unpaired) electrons. The first-order valence-electron chi connectivity index (χ1n) is 9.99. The number of nitrogens with zero attached hydrogens (tertiary/aromatic N) is 1. The lowest BCUT2D eigenvalue weighted by molar-refractivity contribution is -0.118. The smallest absolute Gasteiger partial charge is 0.342 e. The first-order valence-corrected chi connectivity index (χ1v) is 10.4. The standard InChI is InChI=1S/C25H18ClFN2O4/c26-24-17(13-16-7-1-4-10-20(16)29-24)14-33-25(31)18-8-2-6-12-22(18)32-15-23(30)28-21-11-5-3-9-19(21)27/h1-13H,14-15H2,(H,28,30). The maximum atomic E-state index is 13.7. The predicted octanol–water partition coefficient (Wildman–Crippen LogP) is 5.40. The number of amides is 1. The molecule has 0 saturated heterocycles. The van der Waals surface area contributed by atoms with Gasteiger partial charge in [-0.1, -0.05) is 54.1 Å². The molecular weight excluding hydrogens is 447 g/mol. The summed E-state index contributed by atoms with van der Waals surface area (Å²) in [6.07, 6.45) is 0. The van der Waals surface area contributed by atoms with Gasteiger partial charge in [0.05, 0.1) is 11.2 Å². The van der Waals surface area contributed by atoms with E-state index in [1.807, 2.05) is 30.3 Å². The van der Waals surface area contributed by atoms with Gasteiger partial charge in [-0.3, -0.25) is 4.79 Å². The molecule has 0 spiro atoms. The van der Waals surface area contributed by atoms with Crippen LogP contribution in [0, 0.1) is 5.82 Å². The van der Waals surface area contributed by atoms with E-state index >= 15 is 0 Å². The van der Waals surface area contributed by atoms with Crippen molar-refractivity contribution in [2.75, 3.05) is 11.9 Å². The lowest BCUT2D eigenvalue weighted by Crippen LogP contribution is -2.21. The van der Waals surface area contributed by atoms with E-state index in [1.54, 1.807) is 18.2 Å². The van der Waals surface area contributed by atoms with E-state index in [9.17, 15) is 14.0 Å². The summed E-state index contributed by atoms with van der Waals surface area (Å²) in [7, 11) is 0. The quantitative estimate of drug-likeness (QED) is 0.292. The Morgan fingerprint density at radius 3 is 2.55 bits per heavy atom. The maximum Gasteiger partial charge on any atom is 0.342 e. The van der Waals surface area contributed by atoms with Gasteiger partial charge in [0.15, 0.2) is 6.61 Å². The number of ether oxygens (including phenoxy) is 2. The third-order valence-electron chi connectivity index (χ3n) is 4.72. The Balaban J connectivity index is 1.40. The van der Waals surface area contributed by atoms with Gasteiger partial charge < -0.3 is 14.8 Å². The number of rotatable bonds is 7. The molecule has 0 aliphatic carbocycles. The number of hydrogen-bond acceptors (Lipinski definition) is 5. The number of halogens is 2. The van der Waals surface area contributed by atoms with Crippen LogP contribution in [-0.2, 0) is 16.1 Å². The predicted molar refractivity (Wildman–Crippen MR) is 123 cm³/mol. The monoisotopic (exact) mass is 464 g/mol. The van der Waals surface area contributed by atoms with Gasteiger partial charge in [-0.15, -0.1) is 0 Å². The molecule has 6 nitrogen and oxygen atoms in total. The van der Waals surface area contributed by atoms with Gasteiger partial charge in [-0.2, -0.15) is 0 Å². The zero-order valence-corrected chi connectivity index (χ0v) is 18.0. The van der Waals surface area contributed by atoms with Crippen LogP contribution in [0.5, 0.6) is 5.75 Å². The van der Waals surface area contributed by atoms with Crippen LogP contribution in [0.3, 0.4) is 0 Å². The molecule has 1 heterocycles. The SMILES string of the molecule is O=C(COc1ccccc1C(=O)OCc1cc2ccccc2nc1Cl)Nc1ccccc1F. The van der Waals surface area contributed by atoms with Gasteiger partial charge in [-0.25, -0.2) is 14.2 Å². The van der Waals surface area contributed by atoms with Gasteiger partial charge >= 0.3 is 5.97 Å². The van der Waals surface area contributed by atoms with Crippen LogP contribution in [0.15, 0.2) is 78.9 Å². The molecule has 0 bridgehead atoms. The van der Waals surface area contributed by atoms with E-state index in [2.05, 4.69) is 10.3 Å². The summed E-state index contributed by atoms with van der Waals surface area (Å²) in [4.78, 5) is 29.1. The fourth-order valence-corrected chi connectivity index (χ4v) is 3.31. The second-order valence-corrected chi connectivity index (χ2v) is 7.38. The molecule has 1 aromatic heterocycles. The highest BCUT2D eigenvalue weighted by Gasteiger charge is 2.16. The highest BCUT2D eigenvalue weighted by molar-refractivity contribution is 6.30. The molecule has 0 saturated carbocycles. The topological polar surface area (TPSA) is 77.5 Å². The van der Waals surface area contributed by atoms with Crippen molar-refractivity contribution in [3.05, 3.63) is 101 Å². The lowest BCUT2D eigenvalue weighted by atomic mass is 10.1. The van der Waals surface area contributed by atoms with Crippen molar-refractivity contribution in [3.8, 4) is 5.75 Å². The van der Waals surface area contributed by atoms with Crippen LogP contribution in [0.4, 0.5) is 10.1 Å². The van der Waals surface area contributed by atoms with E-state index in [1.165, 1.54) is 30.3 Å². The Morgan fingerprint density at radius 1 is 0.970 bits per heavy atom. The van der Waals surface area contributed by atoms with Gasteiger partial charge in [-0.05, 0) is 36.4 Å². The molecule has 0 fully saturated rings. The number of para-hydroxylation sites is 3. The zero-order chi connectivity index (χ0) is 23.2. The number of benzene rings is 3. The number of carbonyl (C=O) groups is 2. The number of carbonyl (C=O) groups excluding carboxylic acids is 2. The molecule has 0 aliphatic rings. The Kier molecular flexibility index (Phi) is 6.80. The summed E-state index contributed by atoms with van der Waals surface area (Å²) >= 11 is 6.23. The summed E-state index contributed by atoms with van der Waals surface area (Å²) in [5.41, 5.74) is 1.48. The molecule has 1 N–H and O–H groups in total. The first-order chi connectivity index (χ1) is 16.0. The minimum Gasteiger partial charge on any atom is -0.483 e. The highest BCUT2D eigenvalue weighted by atomic mass is 35.5. The molecule has 166 valence electrons. The zero-order valence-electron chi connectivity index (χ0n) is 17.3. The van der Waals surface area contributed by atoms with Crippen LogP contribution < -0.4 is 10.1 Å². The molecule has 33 heavy (non-hydrogen) atoms. The average molecular weight is 465 g/mol. The molecular formula is C25H18ClFN2O4. The van der Waals surface area contributed by atoms with Crippen LogP contribution in [0.25, 0.3) is 10.9 Å². The van der Waals surface area contributed by atoms with Gasteiger partial charge in [0.25, 0.3) is 5.91 Å². The molecule has 0 aliphatic heterocycles. The van der Waals surface area contributed by atoms with Crippen molar-refractivity contribution in [2.45, 2.75) is 6.61 Å². The van der Waals surface area contributed by atoms with Crippen molar-refractivity contribution in [3.63, 3.8) is 0 Å². The van der Waals surface area contributed by atoms with Crippen molar-refractivity contribution < 1.29 is 23.5 Å². The normalized spacial score (nSPS) is 10.6. The largest absolute Gasteiger partial charge is 0.483 e. The second kappa shape index (κ2) is 10.1. The fraction of sp³-hybridized carbons (Fsp3) is 0.0800. The van der Waals surface area contributed by atoms with E-state index in [0.717, 1.165) is 10.9 Å². The minimum absolute atomic E-state index is 0.0414. The second-order valence-electron chi connectivity index (χ2n) is 7.02. The van der Waals surface area contributed by atoms with Gasteiger partial charge in [0.2, 0.25) is 0 Å². The Bertz CT molecular complexity index is 1330. The maximum absolute atomic E-state index is 13.7. The summed E-state index contributed by atoms with van der Waals surface area (Å²) in [5, 5.41) is 3.54. The minimum atomic E-state index is -0.649. The van der Waals surface area contributed by atoms with Crippen molar-refractivity contribution >= 4 is 40.1 Å². The molecule has 1 amide bonds. The summed E-state index contributed by atoms with van der Waals surface area (Å²) in [6, 6.07) is 21.4. The number of anilines is 1.